The fraction of sp³-hybridized carbons (Fsp3) is 0.0526. The number of para-hydroxylation sites is 4. The van der Waals surface area contributed by atoms with E-state index in [0.29, 0.717) is 5.75 Å². The molecule has 0 amide bonds. The van der Waals surface area contributed by atoms with Gasteiger partial charge in [0.25, 0.3) is 11.5 Å². The van der Waals surface area contributed by atoms with Crippen molar-refractivity contribution in [1.82, 2.24) is 9.13 Å². The minimum absolute atomic E-state index is 0. The first-order valence-electron chi connectivity index (χ1n) is 21.4. The Morgan fingerprint density at radius 1 is 0.456 bits per heavy atom. The summed E-state index contributed by atoms with van der Waals surface area (Å²) in [5.74, 6) is 3.13. The summed E-state index contributed by atoms with van der Waals surface area (Å²) in [5, 5.41) is 28.4. The van der Waals surface area contributed by atoms with Crippen LogP contribution in [0.25, 0.3) is 75.9 Å². The molecule has 12 aromatic rings. The van der Waals surface area contributed by atoms with E-state index in [1.54, 1.807) is 59.6 Å². The van der Waals surface area contributed by atoms with Gasteiger partial charge in [-0.25, -0.2) is 0 Å². The third-order valence-corrected chi connectivity index (χ3v) is 14.7. The van der Waals surface area contributed by atoms with E-state index in [9.17, 15) is 5.11 Å². The third kappa shape index (κ3) is 9.57. The number of aromatic nitrogens is 2. The van der Waals surface area contributed by atoms with Crippen LogP contribution in [-0.4, -0.2) is 45.0 Å². The maximum atomic E-state index is 11.1. The van der Waals surface area contributed by atoms with Crippen LogP contribution in [0.1, 0.15) is 11.1 Å². The van der Waals surface area contributed by atoms with Crippen LogP contribution >= 0.6 is 45.3 Å². The zero-order chi connectivity index (χ0) is 46.3. The van der Waals surface area contributed by atoms with Gasteiger partial charge in [-0.1, -0.05) is 84.9 Å². The van der Waals surface area contributed by atoms with E-state index in [4.69, 9.17) is 4.74 Å². The molecule has 0 saturated carbocycles. The molecule has 0 aliphatic heterocycles. The molecule has 6 nitrogen and oxygen atoms in total. The van der Waals surface area contributed by atoms with Gasteiger partial charge in [-0.3, -0.25) is 0 Å². The molecule has 0 bridgehead atoms. The van der Waals surface area contributed by atoms with Crippen LogP contribution in [0.2, 0.25) is 0 Å². The van der Waals surface area contributed by atoms with E-state index in [1.165, 1.54) is 32.6 Å². The van der Waals surface area contributed by atoms with Crippen molar-refractivity contribution in [3.63, 3.8) is 0 Å². The van der Waals surface area contributed by atoms with Crippen molar-refractivity contribution < 1.29 is 41.0 Å². The van der Waals surface area contributed by atoms with Crippen LogP contribution in [0.15, 0.2) is 190 Å². The Balaban J connectivity index is 0.000000142. The SMILES string of the molecule is COc1c(-n2c3ccccc3c3ccccc32)csc1-c1cscc1[OH+]C.C[OH+]c1cscc1-c1scc(-n2c3ccccc3c3ccccc32)c1O.[CH2-]c1ccccc1.[CH2-]c1ccccc1.[Ti]. The van der Waals surface area contributed by atoms with E-state index in [2.05, 4.69) is 134 Å². The van der Waals surface area contributed by atoms with Gasteiger partial charge in [-0.2, -0.15) is 49.2 Å². The number of fused-ring (bicyclic) bond motifs is 6. The number of ether oxygens (including phenoxy) is 3. The molecule has 6 heterocycles. The summed E-state index contributed by atoms with van der Waals surface area (Å²) in [6.45, 7) is 7.44. The number of hydrogen-bond acceptors (Lipinski definition) is 6. The van der Waals surface area contributed by atoms with Crippen LogP contribution in [0.4, 0.5) is 0 Å². The molecular weight excluding hydrogens is 953 g/mol. The monoisotopic (exact) mass is 1000 g/mol. The maximum absolute atomic E-state index is 11.1. The van der Waals surface area contributed by atoms with Crippen LogP contribution in [0.3, 0.4) is 0 Å². The van der Waals surface area contributed by atoms with Gasteiger partial charge < -0.3 is 28.5 Å². The number of benzene rings is 6. The molecule has 3 N–H and O–H groups in total. The van der Waals surface area contributed by atoms with Gasteiger partial charge in [0.15, 0.2) is 25.7 Å². The molecule has 0 unspecified atom stereocenters. The molecule has 0 aliphatic rings. The second-order valence-electron chi connectivity index (χ2n) is 15.3. The van der Waals surface area contributed by atoms with Gasteiger partial charge in [0.1, 0.15) is 16.8 Å². The van der Waals surface area contributed by atoms with Gasteiger partial charge in [-0.05, 0) is 24.3 Å². The number of hydrogen-bond donors (Lipinski definition) is 1. The molecule has 11 heteroatoms. The van der Waals surface area contributed by atoms with Crippen molar-refractivity contribution >= 4 is 89.0 Å². The quantitative estimate of drug-likeness (QED) is 0.0982. The fourth-order valence-electron chi connectivity index (χ4n) is 8.15. The zero-order valence-corrected chi connectivity index (χ0v) is 42.5. The van der Waals surface area contributed by atoms with Gasteiger partial charge in [0.2, 0.25) is 0 Å². The molecule has 0 saturated heterocycles. The van der Waals surface area contributed by atoms with E-state index < -0.39 is 0 Å². The molecule has 68 heavy (non-hydrogen) atoms. The van der Waals surface area contributed by atoms with Crippen LogP contribution < -0.4 is 4.74 Å². The molecule has 12 rings (SSSR count). The average molecular weight is 1000 g/mol. The first kappa shape index (κ1) is 47.9. The summed E-state index contributed by atoms with van der Waals surface area (Å²) >= 11 is 6.53. The van der Waals surface area contributed by atoms with Gasteiger partial charge in [-0.15, -0.1) is 69.6 Å². The molecule has 6 aromatic carbocycles. The van der Waals surface area contributed by atoms with Crippen LogP contribution in [0.5, 0.6) is 23.0 Å². The van der Waals surface area contributed by atoms with E-state index in [0.717, 1.165) is 71.7 Å². The average Bonchev–Trinajstić information content (AvgIpc) is 4.25. The van der Waals surface area contributed by atoms with Crippen molar-refractivity contribution in [3.05, 3.63) is 215 Å². The van der Waals surface area contributed by atoms with Crippen LogP contribution in [-0.2, 0) is 21.7 Å². The number of thiophene rings is 4. The van der Waals surface area contributed by atoms with Crippen molar-refractivity contribution in [3.8, 4) is 55.3 Å². The predicted molar refractivity (Wildman–Crippen MR) is 289 cm³/mol. The minimum Gasteiger partial charge on any atom is -0.584 e. The van der Waals surface area contributed by atoms with Crippen molar-refractivity contribution in [2.24, 2.45) is 0 Å². The summed E-state index contributed by atoms with van der Waals surface area (Å²) in [7, 11) is 5.36. The number of aliphatic hydroxyl groups is 2. The zero-order valence-electron chi connectivity index (χ0n) is 37.7. The number of methoxy groups -OCH3 is 1. The molecule has 0 spiro atoms. The van der Waals surface area contributed by atoms with Gasteiger partial charge in [0.05, 0.1) is 55.4 Å². The summed E-state index contributed by atoms with van der Waals surface area (Å²) in [6.07, 6.45) is 0. The second kappa shape index (κ2) is 22.0. The summed E-state index contributed by atoms with van der Waals surface area (Å²) in [5.41, 5.74) is 10.7. The van der Waals surface area contributed by atoms with Crippen molar-refractivity contribution in [2.75, 3.05) is 21.3 Å². The van der Waals surface area contributed by atoms with Gasteiger partial charge >= 0.3 is 0 Å². The Hall–Kier alpha value is -6.63. The fourth-order valence-corrected chi connectivity index (χ4v) is 11.9. The summed E-state index contributed by atoms with van der Waals surface area (Å²) in [4.78, 5) is 1.99. The first-order chi connectivity index (χ1) is 32.9. The topological polar surface area (TPSA) is 64.9 Å². The molecule has 6 aromatic heterocycles. The Morgan fingerprint density at radius 2 is 0.809 bits per heavy atom. The Morgan fingerprint density at radius 3 is 1.19 bits per heavy atom. The molecular formula is C57H48N2O4S4Ti. The summed E-state index contributed by atoms with van der Waals surface area (Å²) in [6, 6.07) is 53.5. The van der Waals surface area contributed by atoms with E-state index >= 15 is 0 Å². The minimum atomic E-state index is 0. The van der Waals surface area contributed by atoms with Crippen LogP contribution in [0, 0.1) is 13.8 Å². The smallest absolute Gasteiger partial charge is 0.274 e. The van der Waals surface area contributed by atoms with E-state index in [1.807, 2.05) is 96.0 Å². The normalized spacial score (nSPS) is 10.6. The molecule has 0 aliphatic carbocycles. The van der Waals surface area contributed by atoms with Crippen molar-refractivity contribution in [2.45, 2.75) is 0 Å². The molecule has 338 valence electrons. The summed E-state index contributed by atoms with van der Waals surface area (Å²) < 4.78 is 19.1. The Labute approximate surface area is 427 Å². The third-order valence-electron chi connectivity index (χ3n) is 11.3. The standard InChI is InChI=1S/C22H17NO2S2.C21H15NO2S2.2C7H7.Ti/c1-24-20-13-26-11-16(20)22-21(25-2)19(12-27-22)23-17-9-5-3-7-14(17)15-8-4-6-10-18(15)23;1-24-19-12-25-10-15(19)21-20(23)18(11-26-21)22-16-8-4-2-6-13(16)14-7-3-5-9-17(14)22;2*1-7-5-3-2-4-6-7;/h3-13H,1-2H3;2-12,23H,1H3;2*2-6H,1H2;/q;;2*-1;/p+2. The van der Waals surface area contributed by atoms with Gasteiger partial charge in [0, 0.05) is 64.8 Å². The predicted octanol–water partition coefficient (Wildman–Crippen LogP) is 16.3. The number of rotatable bonds is 7. The number of aromatic hydroxyl groups is 3. The Bertz CT molecular complexity index is 3400. The van der Waals surface area contributed by atoms with E-state index in [-0.39, 0.29) is 21.7 Å². The number of nitrogens with zero attached hydrogens (tertiary/aromatic N) is 2. The maximum Gasteiger partial charge on any atom is 0.274 e. The molecule has 0 atom stereocenters. The Kier molecular flexibility index (Phi) is 15.5. The molecule has 0 radical (unpaired) electrons. The second-order valence-corrected chi connectivity index (χ2v) is 18.5. The molecule has 0 fully saturated rings. The first-order valence-corrected chi connectivity index (χ1v) is 25.1. The van der Waals surface area contributed by atoms with Crippen molar-refractivity contribution in [1.29, 1.82) is 0 Å². The largest absolute Gasteiger partial charge is 0.584 e.